The molecule has 2 aromatic rings. The monoisotopic (exact) mass is 388 g/mol. The summed E-state index contributed by atoms with van der Waals surface area (Å²) in [6, 6.07) is 14.8. The third-order valence-corrected chi connectivity index (χ3v) is 5.92. The van der Waals surface area contributed by atoms with Crippen molar-refractivity contribution in [3.8, 4) is 5.75 Å². The standard InChI is InChI=1S/C20H24N2O4S/c1-26-16-10-7-15(8-11-16)9-12-20(23)21-18-13-14-22(27(2,24)25)19-6-4-3-5-17(18)19/h3-8,10-11,18H,9,12-14H2,1-2H3,(H,21,23). The molecule has 7 heteroatoms. The van der Waals surface area contributed by atoms with E-state index < -0.39 is 10.0 Å². The second-order valence-electron chi connectivity index (χ2n) is 6.65. The third kappa shape index (κ3) is 4.60. The van der Waals surface area contributed by atoms with Gasteiger partial charge in [0.2, 0.25) is 15.9 Å². The highest BCUT2D eigenvalue weighted by Crippen LogP contribution is 2.35. The molecule has 1 N–H and O–H groups in total. The van der Waals surface area contributed by atoms with Gasteiger partial charge in [-0.05, 0) is 42.2 Å². The van der Waals surface area contributed by atoms with Crippen molar-refractivity contribution < 1.29 is 17.9 Å². The first-order valence-corrected chi connectivity index (χ1v) is 10.7. The molecular weight excluding hydrogens is 364 g/mol. The summed E-state index contributed by atoms with van der Waals surface area (Å²) in [6.07, 6.45) is 2.77. The van der Waals surface area contributed by atoms with Crippen LogP contribution in [0.15, 0.2) is 48.5 Å². The normalized spacial score (nSPS) is 16.5. The molecule has 0 aliphatic carbocycles. The van der Waals surface area contributed by atoms with Crippen molar-refractivity contribution in [3.63, 3.8) is 0 Å². The van der Waals surface area contributed by atoms with Crippen LogP contribution in [0.1, 0.15) is 30.0 Å². The molecule has 3 rings (SSSR count). The van der Waals surface area contributed by atoms with Crippen LogP contribution in [-0.2, 0) is 21.2 Å². The summed E-state index contributed by atoms with van der Waals surface area (Å²) in [7, 11) is -1.71. The minimum absolute atomic E-state index is 0.0431. The van der Waals surface area contributed by atoms with E-state index in [4.69, 9.17) is 4.74 Å². The van der Waals surface area contributed by atoms with Crippen molar-refractivity contribution >= 4 is 21.6 Å². The Labute approximate surface area is 160 Å². The number of nitrogens with one attached hydrogen (secondary N) is 1. The first kappa shape index (κ1) is 19.2. The van der Waals surface area contributed by atoms with Gasteiger partial charge in [-0.25, -0.2) is 8.42 Å². The van der Waals surface area contributed by atoms with Gasteiger partial charge in [-0.1, -0.05) is 30.3 Å². The minimum atomic E-state index is -3.33. The molecule has 0 saturated heterocycles. The van der Waals surface area contributed by atoms with E-state index in [1.807, 2.05) is 42.5 Å². The summed E-state index contributed by atoms with van der Waals surface area (Å²) in [6.45, 7) is 0.360. The molecule has 0 fully saturated rings. The Bertz CT molecular complexity index is 910. The summed E-state index contributed by atoms with van der Waals surface area (Å²) in [5, 5.41) is 3.05. The minimum Gasteiger partial charge on any atom is -0.497 e. The third-order valence-electron chi connectivity index (χ3n) is 4.74. The Balaban J connectivity index is 1.65. The maximum absolute atomic E-state index is 12.4. The number of hydrogen-bond acceptors (Lipinski definition) is 4. The van der Waals surface area contributed by atoms with E-state index in [-0.39, 0.29) is 11.9 Å². The van der Waals surface area contributed by atoms with Gasteiger partial charge in [0.1, 0.15) is 5.75 Å². The summed E-state index contributed by atoms with van der Waals surface area (Å²) in [5.41, 5.74) is 2.55. The van der Waals surface area contributed by atoms with Crippen LogP contribution in [0.25, 0.3) is 0 Å². The second-order valence-corrected chi connectivity index (χ2v) is 8.56. The number of aryl methyl sites for hydroxylation is 1. The van der Waals surface area contributed by atoms with Gasteiger partial charge in [0, 0.05) is 13.0 Å². The van der Waals surface area contributed by atoms with Crippen LogP contribution < -0.4 is 14.4 Å². The van der Waals surface area contributed by atoms with E-state index in [0.29, 0.717) is 31.5 Å². The van der Waals surface area contributed by atoms with Crippen LogP contribution in [0.5, 0.6) is 5.75 Å². The van der Waals surface area contributed by atoms with Crippen LogP contribution in [0.3, 0.4) is 0 Å². The van der Waals surface area contributed by atoms with Crippen LogP contribution in [0, 0.1) is 0 Å². The molecule has 1 heterocycles. The van der Waals surface area contributed by atoms with Crippen LogP contribution in [0.2, 0.25) is 0 Å². The number of sulfonamides is 1. The average Bonchev–Trinajstić information content (AvgIpc) is 2.66. The lowest BCUT2D eigenvalue weighted by atomic mass is 9.97. The molecule has 0 saturated carbocycles. The summed E-state index contributed by atoms with van der Waals surface area (Å²) < 4.78 is 30.6. The zero-order chi connectivity index (χ0) is 19.4. The fourth-order valence-corrected chi connectivity index (χ4v) is 4.30. The molecule has 6 nitrogen and oxygen atoms in total. The number of hydrogen-bond donors (Lipinski definition) is 1. The van der Waals surface area contributed by atoms with E-state index in [1.54, 1.807) is 13.2 Å². The number of fused-ring (bicyclic) bond motifs is 1. The molecular formula is C20H24N2O4S. The number of para-hydroxylation sites is 1. The summed E-state index contributed by atoms with van der Waals surface area (Å²) in [4.78, 5) is 12.4. The number of amides is 1. The highest BCUT2D eigenvalue weighted by atomic mass is 32.2. The summed E-state index contributed by atoms with van der Waals surface area (Å²) >= 11 is 0. The Morgan fingerprint density at radius 3 is 2.56 bits per heavy atom. The topological polar surface area (TPSA) is 75.7 Å². The van der Waals surface area contributed by atoms with Crippen molar-refractivity contribution in [1.29, 1.82) is 0 Å². The zero-order valence-corrected chi connectivity index (χ0v) is 16.3. The quantitative estimate of drug-likeness (QED) is 0.825. The molecule has 1 aliphatic rings. The van der Waals surface area contributed by atoms with Gasteiger partial charge in [-0.3, -0.25) is 9.10 Å². The Kier molecular flexibility index (Phi) is 5.70. The first-order valence-electron chi connectivity index (χ1n) is 8.87. The van der Waals surface area contributed by atoms with Gasteiger partial charge in [-0.2, -0.15) is 0 Å². The largest absolute Gasteiger partial charge is 0.497 e. The molecule has 0 bridgehead atoms. The lowest BCUT2D eigenvalue weighted by Gasteiger charge is -2.34. The predicted molar refractivity (Wildman–Crippen MR) is 105 cm³/mol. The maximum Gasteiger partial charge on any atom is 0.232 e. The van der Waals surface area contributed by atoms with Crippen molar-refractivity contribution in [3.05, 3.63) is 59.7 Å². The van der Waals surface area contributed by atoms with E-state index in [1.165, 1.54) is 10.6 Å². The first-order chi connectivity index (χ1) is 12.9. The Morgan fingerprint density at radius 2 is 1.89 bits per heavy atom. The van der Waals surface area contributed by atoms with E-state index in [2.05, 4.69) is 5.32 Å². The highest BCUT2D eigenvalue weighted by molar-refractivity contribution is 7.92. The fourth-order valence-electron chi connectivity index (χ4n) is 3.34. The lowest BCUT2D eigenvalue weighted by molar-refractivity contribution is -0.121. The number of nitrogens with zero attached hydrogens (tertiary/aromatic N) is 1. The highest BCUT2D eigenvalue weighted by Gasteiger charge is 2.30. The maximum atomic E-state index is 12.4. The number of carbonyl (C=O) groups is 1. The number of methoxy groups -OCH3 is 1. The van der Waals surface area contributed by atoms with Gasteiger partial charge in [0.25, 0.3) is 0 Å². The van der Waals surface area contributed by atoms with Crippen molar-refractivity contribution in [2.75, 3.05) is 24.2 Å². The Morgan fingerprint density at radius 1 is 1.19 bits per heavy atom. The van der Waals surface area contributed by atoms with Crippen molar-refractivity contribution in [2.45, 2.75) is 25.3 Å². The van der Waals surface area contributed by atoms with E-state index in [0.717, 1.165) is 16.9 Å². The molecule has 1 unspecified atom stereocenters. The van der Waals surface area contributed by atoms with Gasteiger partial charge >= 0.3 is 0 Å². The molecule has 1 atom stereocenters. The van der Waals surface area contributed by atoms with E-state index in [9.17, 15) is 13.2 Å². The molecule has 1 amide bonds. The lowest BCUT2D eigenvalue weighted by Crippen LogP contribution is -2.40. The van der Waals surface area contributed by atoms with Gasteiger partial charge in [0.05, 0.1) is 25.1 Å². The molecule has 0 aromatic heterocycles. The van der Waals surface area contributed by atoms with Crippen LogP contribution >= 0.6 is 0 Å². The van der Waals surface area contributed by atoms with Gasteiger partial charge in [0.15, 0.2) is 0 Å². The fraction of sp³-hybridized carbons (Fsp3) is 0.350. The SMILES string of the molecule is COc1ccc(CCC(=O)NC2CCN(S(C)(=O)=O)c3ccccc32)cc1. The predicted octanol–water partition coefficient (Wildman–Crippen LogP) is 2.66. The smallest absolute Gasteiger partial charge is 0.232 e. The Hall–Kier alpha value is -2.54. The van der Waals surface area contributed by atoms with Crippen molar-refractivity contribution in [2.24, 2.45) is 0 Å². The number of anilines is 1. The van der Waals surface area contributed by atoms with E-state index >= 15 is 0 Å². The molecule has 0 radical (unpaired) electrons. The average molecular weight is 388 g/mol. The number of carbonyl (C=O) groups excluding carboxylic acids is 1. The molecule has 27 heavy (non-hydrogen) atoms. The molecule has 0 spiro atoms. The summed E-state index contributed by atoms with van der Waals surface area (Å²) in [5.74, 6) is 0.746. The zero-order valence-electron chi connectivity index (χ0n) is 15.5. The number of ether oxygens (including phenoxy) is 1. The van der Waals surface area contributed by atoms with Crippen LogP contribution in [-0.4, -0.2) is 34.2 Å². The second kappa shape index (κ2) is 8.00. The van der Waals surface area contributed by atoms with Gasteiger partial charge in [-0.15, -0.1) is 0 Å². The molecule has 1 aliphatic heterocycles. The van der Waals surface area contributed by atoms with Gasteiger partial charge < -0.3 is 10.1 Å². The number of rotatable bonds is 6. The molecule has 144 valence electrons. The van der Waals surface area contributed by atoms with Crippen LogP contribution in [0.4, 0.5) is 5.69 Å². The molecule has 2 aromatic carbocycles. The van der Waals surface area contributed by atoms with Crippen molar-refractivity contribution in [1.82, 2.24) is 5.32 Å². The number of benzene rings is 2.